The molecular formula is C15H13F2NO3S. The first-order valence-corrected chi connectivity index (χ1v) is 8.08. The Hall–Kier alpha value is -1.83. The van der Waals surface area contributed by atoms with E-state index < -0.39 is 22.0 Å². The van der Waals surface area contributed by atoms with E-state index in [2.05, 4.69) is 0 Å². The Balaban J connectivity index is 1.62. The Morgan fingerprint density at radius 3 is 2.41 bits per heavy atom. The van der Waals surface area contributed by atoms with Gasteiger partial charge in [-0.1, -0.05) is 22.4 Å². The van der Waals surface area contributed by atoms with Gasteiger partial charge in [0, 0.05) is 6.07 Å². The topological polar surface area (TPSA) is 52.6 Å². The molecule has 0 aliphatic carbocycles. The summed E-state index contributed by atoms with van der Waals surface area (Å²) >= 11 is 0. The zero-order valence-electron chi connectivity index (χ0n) is 11.4. The fourth-order valence-corrected chi connectivity index (χ4v) is 3.68. The number of ether oxygens (including phenoxy) is 1. The maximum atomic E-state index is 13.1. The maximum Gasteiger partial charge on any atom is 0.175 e. The molecule has 1 aliphatic rings. The Morgan fingerprint density at radius 2 is 1.77 bits per heavy atom. The van der Waals surface area contributed by atoms with Crippen molar-refractivity contribution in [2.45, 2.75) is 11.0 Å². The van der Waals surface area contributed by atoms with Crippen molar-refractivity contribution in [1.29, 1.82) is 0 Å². The van der Waals surface area contributed by atoms with Crippen LogP contribution in [-0.4, -0.2) is 28.1 Å². The summed E-state index contributed by atoms with van der Waals surface area (Å²) in [5.41, 5.74) is 0. The molecule has 4 nitrogen and oxygen atoms in total. The fourth-order valence-electron chi connectivity index (χ4n) is 2.16. The molecular weight excluding hydrogens is 312 g/mol. The molecule has 1 atom stereocenters. The molecule has 1 unspecified atom stereocenters. The zero-order chi connectivity index (χ0) is 15.7. The van der Waals surface area contributed by atoms with Crippen LogP contribution < -0.4 is 4.74 Å². The van der Waals surface area contributed by atoms with Crippen molar-refractivity contribution in [3.05, 3.63) is 60.2 Å². The van der Waals surface area contributed by atoms with E-state index in [0.29, 0.717) is 0 Å². The fraction of sp³-hybridized carbons (Fsp3) is 0.200. The van der Waals surface area contributed by atoms with Gasteiger partial charge in [-0.05, 0) is 24.3 Å². The van der Waals surface area contributed by atoms with Crippen molar-refractivity contribution in [3.8, 4) is 5.75 Å². The van der Waals surface area contributed by atoms with Crippen LogP contribution in [0.25, 0.3) is 0 Å². The third-order valence-electron chi connectivity index (χ3n) is 3.39. The molecule has 1 fully saturated rings. The standard InChI is InChI=1S/C15H13F2NO3S/c16-14-7-6-11(8-15(14)17)21-12-9-18(10-12)22(19,20)13-4-2-1-3-5-13/h1-8,12H,9-10H2. The van der Waals surface area contributed by atoms with Crippen LogP contribution in [0.5, 0.6) is 5.75 Å². The van der Waals surface area contributed by atoms with Gasteiger partial charge in [0.05, 0.1) is 13.1 Å². The Bertz CT molecular complexity index is 720. The summed E-state index contributed by atoms with van der Waals surface area (Å²) in [6.07, 6.45) is -0.372. The molecule has 2 aromatic carbocycles. The lowest BCUT2D eigenvalue weighted by Gasteiger charge is -2.39. The van der Waals surface area contributed by atoms with Gasteiger partial charge in [-0.15, -0.1) is 4.31 Å². The van der Waals surface area contributed by atoms with Gasteiger partial charge in [-0.25, -0.2) is 8.78 Å². The first-order valence-electron chi connectivity index (χ1n) is 6.64. The number of sulfonamides is 1. The second-order valence-corrected chi connectivity index (χ2v) is 6.89. The van der Waals surface area contributed by atoms with Gasteiger partial charge in [0.25, 0.3) is 0 Å². The molecule has 1 saturated heterocycles. The van der Waals surface area contributed by atoms with Crippen LogP contribution in [0, 0.1) is 11.6 Å². The van der Waals surface area contributed by atoms with Crippen molar-refractivity contribution >= 4 is 10.4 Å². The Morgan fingerprint density at radius 1 is 1.09 bits per heavy atom. The van der Waals surface area contributed by atoms with Crippen LogP contribution in [0.1, 0.15) is 0 Å². The summed E-state index contributed by atoms with van der Waals surface area (Å²) < 4.78 is 57.2. The van der Waals surface area contributed by atoms with Crippen molar-refractivity contribution < 1.29 is 22.3 Å². The molecule has 7 heteroatoms. The van der Waals surface area contributed by atoms with E-state index in [1.807, 2.05) is 0 Å². The number of hydrogen-bond acceptors (Lipinski definition) is 3. The molecule has 3 rings (SSSR count). The third kappa shape index (κ3) is 2.87. The van der Waals surface area contributed by atoms with E-state index >= 15 is 0 Å². The maximum absolute atomic E-state index is 13.1. The quantitative estimate of drug-likeness (QED) is 0.812. The average molecular weight is 325 g/mol. The number of hydrogen-bond donors (Lipinski definition) is 0. The van der Waals surface area contributed by atoms with Crippen LogP contribution in [0.2, 0.25) is 0 Å². The van der Waals surface area contributed by atoms with Gasteiger partial charge in [-0.2, -0.15) is 0 Å². The first-order chi connectivity index (χ1) is 10.5. The van der Waals surface area contributed by atoms with Gasteiger partial charge < -0.3 is 9.29 Å². The summed E-state index contributed by atoms with van der Waals surface area (Å²) in [6.45, 7) is 0.354. The lowest BCUT2D eigenvalue weighted by molar-refractivity contribution is 0.0700. The number of rotatable bonds is 4. The number of nitrogens with zero attached hydrogens (tertiary/aromatic N) is 1. The van der Waals surface area contributed by atoms with E-state index in [1.165, 1.54) is 22.5 Å². The van der Waals surface area contributed by atoms with E-state index in [0.717, 1.165) is 12.1 Å². The minimum absolute atomic E-state index is 0.177. The number of benzene rings is 2. The lowest BCUT2D eigenvalue weighted by Crippen LogP contribution is -2.58. The second kappa shape index (κ2) is 5.75. The highest BCUT2D eigenvalue weighted by atomic mass is 32.3. The largest absolute Gasteiger partial charge is 0.593 e. The van der Waals surface area contributed by atoms with Crippen LogP contribution in [0.3, 0.4) is 0 Å². The molecule has 0 N–H and O–H groups in total. The predicted octanol–water partition coefficient (Wildman–Crippen LogP) is 2.63. The van der Waals surface area contributed by atoms with Crippen molar-refractivity contribution in [1.82, 2.24) is 4.31 Å². The minimum Gasteiger partial charge on any atom is -0.593 e. The monoisotopic (exact) mass is 325 g/mol. The highest BCUT2D eigenvalue weighted by molar-refractivity contribution is 7.95. The van der Waals surface area contributed by atoms with Crippen LogP contribution in [0.4, 0.5) is 8.78 Å². The van der Waals surface area contributed by atoms with E-state index in [9.17, 15) is 17.5 Å². The molecule has 0 spiro atoms. The summed E-state index contributed by atoms with van der Waals surface area (Å²) in [6, 6.07) is 11.3. The molecule has 1 heterocycles. The summed E-state index contributed by atoms with van der Waals surface area (Å²) in [4.78, 5) is 0.223. The summed E-state index contributed by atoms with van der Waals surface area (Å²) in [5.74, 6) is -1.76. The normalized spacial score (nSPS) is 18.5. The predicted molar refractivity (Wildman–Crippen MR) is 75.9 cm³/mol. The van der Waals surface area contributed by atoms with Gasteiger partial charge >= 0.3 is 0 Å². The molecule has 0 aromatic heterocycles. The summed E-state index contributed by atoms with van der Waals surface area (Å²) in [7, 11) is -3.52. The highest BCUT2D eigenvalue weighted by Gasteiger charge is 2.42. The molecule has 22 heavy (non-hydrogen) atoms. The summed E-state index contributed by atoms with van der Waals surface area (Å²) in [5, 5.41) is 0. The molecule has 0 radical (unpaired) electrons. The van der Waals surface area contributed by atoms with Crippen molar-refractivity contribution in [3.63, 3.8) is 0 Å². The lowest BCUT2D eigenvalue weighted by atomic mass is 10.2. The smallest absolute Gasteiger partial charge is 0.175 e. The van der Waals surface area contributed by atoms with Gasteiger partial charge in [0.1, 0.15) is 11.9 Å². The van der Waals surface area contributed by atoms with Gasteiger partial charge in [0.2, 0.25) is 0 Å². The number of halogens is 2. The first kappa shape index (κ1) is 15.1. The van der Waals surface area contributed by atoms with Crippen LogP contribution >= 0.6 is 0 Å². The van der Waals surface area contributed by atoms with Gasteiger partial charge in [-0.3, -0.25) is 0 Å². The molecule has 0 saturated carbocycles. The zero-order valence-corrected chi connectivity index (χ0v) is 12.3. The Labute approximate surface area is 127 Å². The van der Waals surface area contributed by atoms with Gasteiger partial charge in [0.15, 0.2) is 26.9 Å². The molecule has 0 bridgehead atoms. The van der Waals surface area contributed by atoms with E-state index in [1.54, 1.807) is 18.2 Å². The minimum atomic E-state index is -3.52. The molecule has 1 aliphatic heterocycles. The molecule has 116 valence electrons. The SMILES string of the molecule is O=[S+]([O-])(c1ccccc1)N1CC(Oc2ccc(F)c(F)c2)C1. The average Bonchev–Trinajstić information content (AvgIpc) is 2.47. The molecule has 2 aromatic rings. The Kier molecular flexibility index (Phi) is 3.94. The van der Waals surface area contributed by atoms with E-state index in [4.69, 9.17) is 4.74 Å². The van der Waals surface area contributed by atoms with Crippen LogP contribution in [0.15, 0.2) is 53.4 Å². The second-order valence-electron chi connectivity index (χ2n) is 4.95. The van der Waals surface area contributed by atoms with E-state index in [-0.39, 0.29) is 29.8 Å². The molecule has 0 amide bonds. The van der Waals surface area contributed by atoms with Crippen molar-refractivity contribution in [2.24, 2.45) is 0 Å². The third-order valence-corrected chi connectivity index (χ3v) is 5.24. The van der Waals surface area contributed by atoms with Crippen LogP contribution in [-0.2, 0) is 14.6 Å². The highest BCUT2D eigenvalue weighted by Crippen LogP contribution is 2.28. The van der Waals surface area contributed by atoms with Crippen molar-refractivity contribution in [2.75, 3.05) is 13.1 Å².